The first-order valence-electron chi connectivity index (χ1n) is 6.92. The number of amides is 1. The smallest absolute Gasteiger partial charge is 0.255 e. The number of primary amides is 1. The SMILES string of the molecule is COc1nc(NCCN2CCC[C@H](C(N)=O)C2)ncc1F. The van der Waals surface area contributed by atoms with Crippen molar-refractivity contribution in [1.29, 1.82) is 0 Å². The molecule has 1 aliphatic heterocycles. The second-order valence-corrected chi connectivity index (χ2v) is 5.02. The molecule has 2 heterocycles. The van der Waals surface area contributed by atoms with E-state index in [-0.39, 0.29) is 17.7 Å². The van der Waals surface area contributed by atoms with Gasteiger partial charge < -0.3 is 20.7 Å². The van der Waals surface area contributed by atoms with Gasteiger partial charge in [-0.05, 0) is 19.4 Å². The van der Waals surface area contributed by atoms with Crippen molar-refractivity contribution in [2.75, 3.05) is 38.6 Å². The monoisotopic (exact) mass is 297 g/mol. The van der Waals surface area contributed by atoms with Gasteiger partial charge in [-0.15, -0.1) is 0 Å². The first kappa shape index (κ1) is 15.4. The molecule has 0 unspecified atom stereocenters. The summed E-state index contributed by atoms with van der Waals surface area (Å²) in [6, 6.07) is 0. The summed E-state index contributed by atoms with van der Waals surface area (Å²) in [5, 5.41) is 3.01. The van der Waals surface area contributed by atoms with Gasteiger partial charge in [-0.1, -0.05) is 0 Å². The lowest BCUT2D eigenvalue weighted by Gasteiger charge is -2.31. The molecule has 1 aliphatic rings. The number of hydrogen-bond acceptors (Lipinski definition) is 6. The highest BCUT2D eigenvalue weighted by molar-refractivity contribution is 5.76. The molecule has 0 aliphatic carbocycles. The summed E-state index contributed by atoms with van der Waals surface area (Å²) in [6.07, 6.45) is 2.89. The van der Waals surface area contributed by atoms with Crippen molar-refractivity contribution in [2.45, 2.75) is 12.8 Å². The molecule has 0 bridgehead atoms. The van der Waals surface area contributed by atoms with Gasteiger partial charge in [-0.2, -0.15) is 9.37 Å². The third-order valence-corrected chi connectivity index (χ3v) is 3.52. The highest BCUT2D eigenvalue weighted by atomic mass is 19.1. The van der Waals surface area contributed by atoms with Gasteiger partial charge in [0.05, 0.1) is 19.2 Å². The van der Waals surface area contributed by atoms with E-state index in [2.05, 4.69) is 20.2 Å². The first-order chi connectivity index (χ1) is 10.1. The molecule has 21 heavy (non-hydrogen) atoms. The molecule has 8 heteroatoms. The van der Waals surface area contributed by atoms with Gasteiger partial charge in [0.1, 0.15) is 0 Å². The average Bonchev–Trinajstić information content (AvgIpc) is 2.49. The van der Waals surface area contributed by atoms with Gasteiger partial charge in [0.25, 0.3) is 5.88 Å². The number of carbonyl (C=O) groups excluding carboxylic acids is 1. The Morgan fingerprint density at radius 1 is 1.67 bits per heavy atom. The topological polar surface area (TPSA) is 93.4 Å². The third kappa shape index (κ3) is 4.25. The van der Waals surface area contributed by atoms with Crippen molar-refractivity contribution in [2.24, 2.45) is 11.7 Å². The predicted octanol–water partition coefficient (Wildman–Crippen LogP) is 0.233. The van der Waals surface area contributed by atoms with E-state index >= 15 is 0 Å². The number of hydrogen-bond donors (Lipinski definition) is 2. The van der Waals surface area contributed by atoms with Crippen LogP contribution in [0.5, 0.6) is 5.88 Å². The number of halogens is 1. The van der Waals surface area contributed by atoms with Crippen molar-refractivity contribution >= 4 is 11.9 Å². The van der Waals surface area contributed by atoms with Gasteiger partial charge in [0.2, 0.25) is 17.7 Å². The molecule has 0 radical (unpaired) electrons. The summed E-state index contributed by atoms with van der Waals surface area (Å²) < 4.78 is 18.0. The van der Waals surface area contributed by atoms with Gasteiger partial charge in [0.15, 0.2) is 0 Å². The van der Waals surface area contributed by atoms with Crippen LogP contribution in [0.1, 0.15) is 12.8 Å². The molecule has 1 fully saturated rings. The third-order valence-electron chi connectivity index (χ3n) is 3.52. The molecule has 1 aromatic rings. The number of methoxy groups -OCH3 is 1. The fourth-order valence-electron chi connectivity index (χ4n) is 2.40. The first-order valence-corrected chi connectivity index (χ1v) is 6.92. The summed E-state index contributed by atoms with van der Waals surface area (Å²) in [7, 11) is 1.35. The van der Waals surface area contributed by atoms with E-state index in [4.69, 9.17) is 10.5 Å². The number of anilines is 1. The number of likely N-dealkylation sites (tertiary alicyclic amines) is 1. The maximum atomic E-state index is 13.2. The van der Waals surface area contributed by atoms with E-state index in [0.717, 1.165) is 32.1 Å². The van der Waals surface area contributed by atoms with Crippen LogP contribution in [0.3, 0.4) is 0 Å². The minimum absolute atomic E-state index is 0.0686. The Kier molecular flexibility index (Phi) is 5.26. The number of rotatable bonds is 6. The Morgan fingerprint density at radius 2 is 2.48 bits per heavy atom. The van der Waals surface area contributed by atoms with Crippen LogP contribution in [0.2, 0.25) is 0 Å². The lowest BCUT2D eigenvalue weighted by molar-refractivity contribution is -0.123. The number of nitrogens with zero attached hydrogens (tertiary/aromatic N) is 3. The fourth-order valence-corrected chi connectivity index (χ4v) is 2.40. The van der Waals surface area contributed by atoms with Crippen LogP contribution in [0.15, 0.2) is 6.20 Å². The molecule has 0 aromatic carbocycles. The molecule has 7 nitrogen and oxygen atoms in total. The number of carbonyl (C=O) groups is 1. The van der Waals surface area contributed by atoms with E-state index in [1.807, 2.05) is 0 Å². The van der Waals surface area contributed by atoms with Crippen LogP contribution >= 0.6 is 0 Å². The summed E-state index contributed by atoms with van der Waals surface area (Å²) in [5.74, 6) is -0.667. The van der Waals surface area contributed by atoms with E-state index < -0.39 is 5.82 Å². The molecular weight excluding hydrogens is 277 g/mol. The number of ether oxygens (including phenoxy) is 1. The van der Waals surface area contributed by atoms with Gasteiger partial charge >= 0.3 is 0 Å². The molecular formula is C13H20FN5O2. The molecule has 0 saturated carbocycles. The van der Waals surface area contributed by atoms with Crippen LogP contribution in [-0.2, 0) is 4.79 Å². The predicted molar refractivity (Wildman–Crippen MR) is 75.4 cm³/mol. The Morgan fingerprint density at radius 3 is 3.19 bits per heavy atom. The Hall–Kier alpha value is -1.96. The summed E-state index contributed by atoms with van der Waals surface area (Å²) in [5.41, 5.74) is 5.34. The van der Waals surface area contributed by atoms with Crippen LogP contribution in [0.25, 0.3) is 0 Å². The zero-order valence-electron chi connectivity index (χ0n) is 12.0. The maximum Gasteiger partial charge on any atom is 0.255 e. The summed E-state index contributed by atoms with van der Waals surface area (Å²) >= 11 is 0. The lowest BCUT2D eigenvalue weighted by Crippen LogP contribution is -2.42. The van der Waals surface area contributed by atoms with Crippen LogP contribution in [0.4, 0.5) is 10.3 Å². The zero-order valence-corrected chi connectivity index (χ0v) is 12.0. The Balaban J connectivity index is 1.80. The van der Waals surface area contributed by atoms with E-state index in [1.54, 1.807) is 0 Å². The standard InChI is InChI=1S/C13H20FN5O2/c1-21-12-10(14)7-17-13(18-12)16-4-6-19-5-2-3-9(8-19)11(15)20/h7,9H,2-6,8H2,1H3,(H2,15,20)(H,16,17,18)/t9-/m0/s1. The zero-order chi connectivity index (χ0) is 15.2. The molecule has 3 N–H and O–H groups in total. The number of nitrogens with one attached hydrogen (secondary N) is 1. The maximum absolute atomic E-state index is 13.2. The van der Waals surface area contributed by atoms with Gasteiger partial charge in [0, 0.05) is 19.6 Å². The van der Waals surface area contributed by atoms with Crippen molar-refractivity contribution in [1.82, 2.24) is 14.9 Å². The van der Waals surface area contributed by atoms with Gasteiger partial charge in [-0.25, -0.2) is 4.98 Å². The average molecular weight is 297 g/mol. The Labute approximate surface area is 122 Å². The fraction of sp³-hybridized carbons (Fsp3) is 0.615. The second kappa shape index (κ2) is 7.16. The van der Waals surface area contributed by atoms with Crippen molar-refractivity contribution in [3.8, 4) is 5.88 Å². The molecule has 1 atom stereocenters. The molecule has 1 saturated heterocycles. The van der Waals surface area contributed by atoms with Crippen molar-refractivity contribution in [3.05, 3.63) is 12.0 Å². The molecule has 1 amide bonds. The van der Waals surface area contributed by atoms with Crippen LogP contribution < -0.4 is 15.8 Å². The quantitative estimate of drug-likeness (QED) is 0.781. The number of nitrogens with two attached hydrogens (primary N) is 1. The van der Waals surface area contributed by atoms with E-state index in [0.29, 0.717) is 19.0 Å². The lowest BCUT2D eigenvalue weighted by atomic mass is 9.97. The summed E-state index contributed by atoms with van der Waals surface area (Å²) in [4.78, 5) is 21.1. The number of aromatic nitrogens is 2. The highest BCUT2D eigenvalue weighted by Crippen LogP contribution is 2.16. The second-order valence-electron chi connectivity index (χ2n) is 5.02. The molecule has 116 valence electrons. The molecule has 2 rings (SSSR count). The van der Waals surface area contributed by atoms with E-state index in [9.17, 15) is 9.18 Å². The normalized spacial score (nSPS) is 19.2. The van der Waals surface area contributed by atoms with Crippen molar-refractivity contribution in [3.63, 3.8) is 0 Å². The van der Waals surface area contributed by atoms with Gasteiger partial charge in [-0.3, -0.25) is 4.79 Å². The minimum atomic E-state index is -0.594. The molecule has 1 aromatic heterocycles. The summed E-state index contributed by atoms with van der Waals surface area (Å²) in [6.45, 7) is 2.97. The van der Waals surface area contributed by atoms with Crippen LogP contribution in [-0.4, -0.2) is 54.1 Å². The highest BCUT2D eigenvalue weighted by Gasteiger charge is 2.23. The largest absolute Gasteiger partial charge is 0.479 e. The van der Waals surface area contributed by atoms with Crippen LogP contribution in [0, 0.1) is 11.7 Å². The Bertz CT molecular complexity index is 499. The number of piperidine rings is 1. The molecule has 0 spiro atoms. The minimum Gasteiger partial charge on any atom is -0.479 e. The van der Waals surface area contributed by atoms with Crippen molar-refractivity contribution < 1.29 is 13.9 Å². The van der Waals surface area contributed by atoms with E-state index in [1.165, 1.54) is 7.11 Å².